The number of hydrogen-bond donors (Lipinski definition) is 1. The zero-order valence-electron chi connectivity index (χ0n) is 11.5. The summed E-state index contributed by atoms with van der Waals surface area (Å²) in [5.74, 6) is -0.492. The van der Waals surface area contributed by atoms with E-state index in [0.29, 0.717) is 6.54 Å². The number of aromatic nitrogens is 1. The Morgan fingerprint density at radius 1 is 1.24 bits per heavy atom. The van der Waals surface area contributed by atoms with E-state index in [4.69, 9.17) is 0 Å². The minimum Gasteiger partial charge on any atom is -0.352 e. The van der Waals surface area contributed by atoms with Crippen LogP contribution in [0.5, 0.6) is 0 Å². The maximum absolute atomic E-state index is 12.1. The predicted molar refractivity (Wildman–Crippen MR) is 77.6 cm³/mol. The van der Waals surface area contributed by atoms with Gasteiger partial charge in [-0.15, -0.1) is 0 Å². The van der Waals surface area contributed by atoms with E-state index in [1.807, 2.05) is 12.1 Å². The number of nitro benzene ring substituents is 1. The van der Waals surface area contributed by atoms with Gasteiger partial charge in [0.1, 0.15) is 0 Å². The van der Waals surface area contributed by atoms with E-state index in [1.165, 1.54) is 12.1 Å². The van der Waals surface area contributed by atoms with Gasteiger partial charge in [-0.2, -0.15) is 0 Å². The van der Waals surface area contributed by atoms with Gasteiger partial charge in [-0.05, 0) is 30.2 Å². The smallest absolute Gasteiger partial charge is 0.269 e. The molecule has 21 heavy (non-hydrogen) atoms. The lowest BCUT2D eigenvalue weighted by molar-refractivity contribution is -0.384. The van der Waals surface area contributed by atoms with Crippen molar-refractivity contribution in [3.63, 3.8) is 0 Å². The van der Waals surface area contributed by atoms with E-state index in [0.717, 1.165) is 11.1 Å². The number of rotatable bonds is 5. The maximum Gasteiger partial charge on any atom is 0.269 e. The molecule has 1 aromatic heterocycles. The molecule has 2 rings (SSSR count). The lowest BCUT2D eigenvalue weighted by Gasteiger charge is -2.12. The molecule has 6 nitrogen and oxygen atoms in total. The number of carbonyl (C=O) groups excluding carboxylic acids is 1. The second kappa shape index (κ2) is 6.60. The summed E-state index contributed by atoms with van der Waals surface area (Å²) >= 11 is 0. The molecular weight excluding hydrogens is 270 g/mol. The molecule has 1 unspecified atom stereocenters. The zero-order chi connectivity index (χ0) is 15.2. The highest BCUT2D eigenvalue weighted by molar-refractivity contribution is 5.83. The Labute approximate surface area is 122 Å². The fraction of sp³-hybridized carbons (Fsp3) is 0.200. The van der Waals surface area contributed by atoms with Crippen molar-refractivity contribution in [3.8, 4) is 0 Å². The Balaban J connectivity index is 1.97. The summed E-state index contributed by atoms with van der Waals surface area (Å²) in [6.07, 6.45) is 3.34. The molecule has 1 atom stereocenters. The normalized spacial score (nSPS) is 11.7. The number of amides is 1. The molecule has 0 saturated heterocycles. The molecule has 1 heterocycles. The van der Waals surface area contributed by atoms with Crippen LogP contribution >= 0.6 is 0 Å². The van der Waals surface area contributed by atoms with Gasteiger partial charge in [0.2, 0.25) is 5.91 Å². The van der Waals surface area contributed by atoms with Crippen molar-refractivity contribution in [2.45, 2.75) is 19.4 Å². The van der Waals surface area contributed by atoms with E-state index >= 15 is 0 Å². The average molecular weight is 285 g/mol. The maximum atomic E-state index is 12.1. The summed E-state index contributed by atoms with van der Waals surface area (Å²) < 4.78 is 0. The number of hydrogen-bond acceptors (Lipinski definition) is 4. The fourth-order valence-corrected chi connectivity index (χ4v) is 1.88. The van der Waals surface area contributed by atoms with Gasteiger partial charge in [0.25, 0.3) is 5.69 Å². The van der Waals surface area contributed by atoms with Gasteiger partial charge in [0.15, 0.2) is 0 Å². The first-order valence-electron chi connectivity index (χ1n) is 6.49. The van der Waals surface area contributed by atoms with Gasteiger partial charge in [0, 0.05) is 31.1 Å². The molecule has 0 saturated carbocycles. The standard InChI is InChI=1S/C15H15N3O3/c1-11(13-2-4-14(5-3-13)18(20)21)15(19)17-10-12-6-8-16-9-7-12/h2-9,11H,10H2,1H3,(H,17,19). The van der Waals surface area contributed by atoms with E-state index in [2.05, 4.69) is 10.3 Å². The highest BCUT2D eigenvalue weighted by Crippen LogP contribution is 2.19. The third-order valence-electron chi connectivity index (χ3n) is 3.21. The summed E-state index contributed by atoms with van der Waals surface area (Å²) in [4.78, 5) is 26.1. The Bertz CT molecular complexity index is 626. The van der Waals surface area contributed by atoms with Crippen LogP contribution in [0.15, 0.2) is 48.8 Å². The summed E-state index contributed by atoms with van der Waals surface area (Å²) in [5.41, 5.74) is 1.73. The Morgan fingerprint density at radius 3 is 2.43 bits per heavy atom. The summed E-state index contributed by atoms with van der Waals surface area (Å²) in [7, 11) is 0. The molecule has 2 aromatic rings. The fourth-order valence-electron chi connectivity index (χ4n) is 1.88. The Hall–Kier alpha value is -2.76. The van der Waals surface area contributed by atoms with Crippen molar-refractivity contribution in [1.82, 2.24) is 10.3 Å². The van der Waals surface area contributed by atoms with E-state index in [9.17, 15) is 14.9 Å². The first-order chi connectivity index (χ1) is 10.1. The lowest BCUT2D eigenvalue weighted by atomic mass is 10.00. The highest BCUT2D eigenvalue weighted by Gasteiger charge is 2.16. The van der Waals surface area contributed by atoms with Crippen LogP contribution < -0.4 is 5.32 Å². The van der Waals surface area contributed by atoms with Crippen LogP contribution in [0.3, 0.4) is 0 Å². The van der Waals surface area contributed by atoms with Gasteiger partial charge in [-0.3, -0.25) is 19.9 Å². The molecule has 0 fully saturated rings. The molecule has 0 radical (unpaired) electrons. The molecule has 108 valence electrons. The van der Waals surface area contributed by atoms with Crippen molar-refractivity contribution in [2.24, 2.45) is 0 Å². The number of nitrogens with zero attached hydrogens (tertiary/aromatic N) is 2. The zero-order valence-corrected chi connectivity index (χ0v) is 11.5. The summed E-state index contributed by atoms with van der Waals surface area (Å²) in [5, 5.41) is 13.4. The van der Waals surface area contributed by atoms with Gasteiger partial charge < -0.3 is 5.32 Å². The molecule has 0 aliphatic carbocycles. The van der Waals surface area contributed by atoms with Crippen molar-refractivity contribution in [3.05, 3.63) is 70.0 Å². The average Bonchev–Trinajstić information content (AvgIpc) is 2.53. The second-order valence-electron chi connectivity index (χ2n) is 4.64. The van der Waals surface area contributed by atoms with Crippen molar-refractivity contribution < 1.29 is 9.72 Å². The van der Waals surface area contributed by atoms with Crippen LogP contribution in [-0.4, -0.2) is 15.8 Å². The molecule has 0 aliphatic rings. The van der Waals surface area contributed by atoms with E-state index < -0.39 is 4.92 Å². The van der Waals surface area contributed by atoms with Crippen LogP contribution in [0.4, 0.5) is 5.69 Å². The van der Waals surface area contributed by atoms with Gasteiger partial charge >= 0.3 is 0 Å². The third kappa shape index (κ3) is 3.85. The SMILES string of the molecule is CC(C(=O)NCc1ccncc1)c1ccc([N+](=O)[O-])cc1. The number of nitrogens with one attached hydrogen (secondary N) is 1. The topological polar surface area (TPSA) is 85.1 Å². The molecule has 1 amide bonds. The summed E-state index contributed by atoms with van der Waals surface area (Å²) in [6, 6.07) is 9.68. The molecule has 0 aliphatic heterocycles. The van der Waals surface area contributed by atoms with Gasteiger partial charge in [0.05, 0.1) is 10.8 Å². The molecule has 0 bridgehead atoms. The highest BCUT2D eigenvalue weighted by atomic mass is 16.6. The van der Waals surface area contributed by atoms with Crippen LogP contribution in [0.1, 0.15) is 24.0 Å². The Morgan fingerprint density at radius 2 is 1.86 bits per heavy atom. The largest absolute Gasteiger partial charge is 0.352 e. The third-order valence-corrected chi connectivity index (χ3v) is 3.21. The van der Waals surface area contributed by atoms with Crippen LogP contribution in [0.2, 0.25) is 0 Å². The quantitative estimate of drug-likeness (QED) is 0.675. The van der Waals surface area contributed by atoms with Gasteiger partial charge in [-0.25, -0.2) is 0 Å². The molecule has 1 N–H and O–H groups in total. The molecule has 1 aromatic carbocycles. The molecule has 0 spiro atoms. The minimum absolute atomic E-state index is 0.0168. The number of carbonyl (C=O) groups is 1. The Kier molecular flexibility index (Phi) is 4.61. The van der Waals surface area contributed by atoms with Crippen molar-refractivity contribution in [2.75, 3.05) is 0 Å². The second-order valence-corrected chi connectivity index (χ2v) is 4.64. The first kappa shape index (κ1) is 14.6. The first-order valence-corrected chi connectivity index (χ1v) is 6.49. The molecule has 6 heteroatoms. The van der Waals surface area contributed by atoms with Crippen LogP contribution in [0.25, 0.3) is 0 Å². The molecular formula is C15H15N3O3. The van der Waals surface area contributed by atoms with Crippen molar-refractivity contribution in [1.29, 1.82) is 0 Å². The lowest BCUT2D eigenvalue weighted by Crippen LogP contribution is -2.27. The van der Waals surface area contributed by atoms with E-state index in [-0.39, 0.29) is 17.5 Å². The van der Waals surface area contributed by atoms with Gasteiger partial charge in [-0.1, -0.05) is 12.1 Å². The number of nitro groups is 1. The van der Waals surface area contributed by atoms with E-state index in [1.54, 1.807) is 31.5 Å². The monoisotopic (exact) mass is 285 g/mol. The number of pyridine rings is 1. The minimum atomic E-state index is -0.460. The predicted octanol–water partition coefficient (Wildman–Crippen LogP) is 2.41. The van der Waals surface area contributed by atoms with Crippen LogP contribution in [-0.2, 0) is 11.3 Å². The number of benzene rings is 1. The number of non-ortho nitro benzene ring substituents is 1. The van der Waals surface area contributed by atoms with Crippen LogP contribution in [0, 0.1) is 10.1 Å². The summed E-state index contributed by atoms with van der Waals surface area (Å²) in [6.45, 7) is 2.20. The van der Waals surface area contributed by atoms with Crippen molar-refractivity contribution >= 4 is 11.6 Å².